The summed E-state index contributed by atoms with van der Waals surface area (Å²) in [5, 5.41) is 11.6. The molecule has 2 amide bonds. The number of hydrogen-bond acceptors (Lipinski definition) is 4. The van der Waals surface area contributed by atoms with Gasteiger partial charge in [-0.2, -0.15) is 18.4 Å². The predicted octanol–water partition coefficient (Wildman–Crippen LogP) is 4.92. The number of halogens is 4. The second-order valence-corrected chi connectivity index (χ2v) is 9.14. The fourth-order valence-electron chi connectivity index (χ4n) is 4.38. The summed E-state index contributed by atoms with van der Waals surface area (Å²) in [7, 11) is 0. The summed E-state index contributed by atoms with van der Waals surface area (Å²) in [4.78, 5) is 28.2. The highest BCUT2D eigenvalue weighted by molar-refractivity contribution is 7.81. The van der Waals surface area contributed by atoms with Crippen molar-refractivity contribution in [3.63, 3.8) is 0 Å². The first-order valence-electron chi connectivity index (χ1n) is 10.8. The van der Waals surface area contributed by atoms with E-state index < -0.39 is 40.5 Å². The van der Waals surface area contributed by atoms with Crippen LogP contribution in [0.4, 0.5) is 28.9 Å². The Kier molecular flexibility index (Phi) is 6.05. The number of benzene rings is 2. The van der Waals surface area contributed by atoms with E-state index in [1.165, 1.54) is 29.2 Å². The minimum atomic E-state index is -4.81. The van der Waals surface area contributed by atoms with Crippen LogP contribution < -0.4 is 15.1 Å². The fourth-order valence-corrected chi connectivity index (χ4v) is 4.85. The van der Waals surface area contributed by atoms with Gasteiger partial charge in [-0.25, -0.2) is 4.39 Å². The van der Waals surface area contributed by atoms with Crippen molar-refractivity contribution in [3.8, 4) is 6.07 Å². The van der Waals surface area contributed by atoms with Crippen LogP contribution in [-0.2, 0) is 11.0 Å². The lowest BCUT2D eigenvalue weighted by molar-refractivity contribution is -0.137. The Morgan fingerprint density at radius 3 is 2.34 bits per heavy atom. The summed E-state index contributed by atoms with van der Waals surface area (Å²) in [6, 6.07) is 8.09. The molecule has 1 aliphatic heterocycles. The standard InChI is InChI=1S/C24H20F4N4O2S/c1-13(2)30-20(33)17-7-6-16(11-19(17)25)32-22(35)31(21(34)23(32)8-3-9-23)15-5-4-14(12-29)18(10-15)24(26,27)28/h4-7,10-11,13H,3,8-9H2,1-2H3,(H,30,33). The van der Waals surface area contributed by atoms with E-state index >= 15 is 0 Å². The van der Waals surface area contributed by atoms with E-state index in [4.69, 9.17) is 17.5 Å². The van der Waals surface area contributed by atoms with E-state index in [1.807, 2.05) is 0 Å². The molecule has 1 N–H and O–H groups in total. The van der Waals surface area contributed by atoms with Gasteiger partial charge in [-0.1, -0.05) is 0 Å². The Morgan fingerprint density at radius 2 is 1.83 bits per heavy atom. The summed E-state index contributed by atoms with van der Waals surface area (Å²) in [6.45, 7) is 3.47. The number of amides is 2. The molecule has 1 saturated heterocycles. The number of rotatable bonds is 4. The van der Waals surface area contributed by atoms with Crippen molar-refractivity contribution < 1.29 is 27.2 Å². The van der Waals surface area contributed by atoms with Crippen molar-refractivity contribution in [3.05, 3.63) is 58.9 Å². The molecule has 0 aromatic heterocycles. The van der Waals surface area contributed by atoms with Crippen LogP contribution >= 0.6 is 12.2 Å². The van der Waals surface area contributed by atoms with Gasteiger partial charge >= 0.3 is 6.18 Å². The second-order valence-electron chi connectivity index (χ2n) is 8.78. The average Bonchev–Trinajstić information content (AvgIpc) is 2.98. The molecule has 6 nitrogen and oxygen atoms in total. The molecule has 182 valence electrons. The molecule has 0 unspecified atom stereocenters. The van der Waals surface area contributed by atoms with Crippen LogP contribution in [0, 0.1) is 17.1 Å². The minimum Gasteiger partial charge on any atom is -0.350 e. The van der Waals surface area contributed by atoms with Crippen LogP contribution in [0.25, 0.3) is 0 Å². The maximum absolute atomic E-state index is 14.9. The van der Waals surface area contributed by atoms with Crippen LogP contribution in [0.1, 0.15) is 54.6 Å². The van der Waals surface area contributed by atoms with Gasteiger partial charge in [-0.3, -0.25) is 14.5 Å². The van der Waals surface area contributed by atoms with Gasteiger partial charge in [0.05, 0.1) is 28.4 Å². The van der Waals surface area contributed by atoms with Crippen molar-refractivity contribution in [1.82, 2.24) is 5.32 Å². The van der Waals surface area contributed by atoms with Gasteiger partial charge < -0.3 is 10.2 Å². The van der Waals surface area contributed by atoms with Crippen molar-refractivity contribution in [2.24, 2.45) is 0 Å². The fraction of sp³-hybridized carbons (Fsp3) is 0.333. The molecule has 1 spiro atoms. The Hall–Kier alpha value is -3.52. The van der Waals surface area contributed by atoms with Gasteiger partial charge in [0, 0.05) is 11.7 Å². The Labute approximate surface area is 204 Å². The molecule has 0 atom stereocenters. The molecular formula is C24H20F4N4O2S. The highest BCUT2D eigenvalue weighted by atomic mass is 32.1. The van der Waals surface area contributed by atoms with E-state index in [0.717, 1.165) is 23.1 Å². The highest BCUT2D eigenvalue weighted by Gasteiger charge is 2.59. The topological polar surface area (TPSA) is 76.4 Å². The second kappa shape index (κ2) is 8.61. The van der Waals surface area contributed by atoms with Gasteiger partial charge in [-0.05, 0) is 81.7 Å². The van der Waals surface area contributed by atoms with E-state index in [0.29, 0.717) is 19.3 Å². The molecular weight excluding hydrogens is 484 g/mol. The first kappa shape index (κ1) is 24.6. The molecule has 35 heavy (non-hydrogen) atoms. The number of carbonyl (C=O) groups excluding carboxylic acids is 2. The number of hydrogen-bond donors (Lipinski definition) is 1. The third kappa shape index (κ3) is 4.01. The summed E-state index contributed by atoms with van der Waals surface area (Å²) in [6.07, 6.45) is -3.38. The number of carbonyl (C=O) groups is 2. The van der Waals surface area contributed by atoms with E-state index in [2.05, 4.69) is 5.32 Å². The lowest BCUT2D eigenvalue weighted by atomic mass is 9.75. The number of anilines is 2. The van der Waals surface area contributed by atoms with Gasteiger partial charge in [-0.15, -0.1) is 0 Å². The smallest absolute Gasteiger partial charge is 0.350 e. The maximum Gasteiger partial charge on any atom is 0.417 e. The number of nitriles is 1. The Bertz CT molecular complexity index is 1280. The monoisotopic (exact) mass is 504 g/mol. The molecule has 2 aromatic rings. The van der Waals surface area contributed by atoms with E-state index in [9.17, 15) is 27.2 Å². The summed E-state index contributed by atoms with van der Waals surface area (Å²) in [5.41, 5.74) is -3.01. The van der Waals surface area contributed by atoms with Crippen molar-refractivity contribution in [2.45, 2.75) is 50.9 Å². The van der Waals surface area contributed by atoms with Crippen LogP contribution in [0.15, 0.2) is 36.4 Å². The molecule has 0 bridgehead atoms. The minimum absolute atomic E-state index is 0.105. The zero-order chi connectivity index (χ0) is 25.7. The highest BCUT2D eigenvalue weighted by Crippen LogP contribution is 2.48. The van der Waals surface area contributed by atoms with Crippen LogP contribution in [0.2, 0.25) is 0 Å². The number of thiocarbonyl (C=S) groups is 1. The Balaban J connectivity index is 1.76. The molecule has 2 fully saturated rings. The lowest BCUT2D eigenvalue weighted by Crippen LogP contribution is -2.55. The van der Waals surface area contributed by atoms with Gasteiger partial charge in [0.25, 0.3) is 11.8 Å². The van der Waals surface area contributed by atoms with E-state index in [1.54, 1.807) is 13.8 Å². The van der Waals surface area contributed by atoms with Crippen molar-refractivity contribution in [1.29, 1.82) is 5.26 Å². The van der Waals surface area contributed by atoms with Gasteiger partial charge in [0.15, 0.2) is 5.11 Å². The van der Waals surface area contributed by atoms with Crippen molar-refractivity contribution in [2.75, 3.05) is 9.80 Å². The lowest BCUT2D eigenvalue weighted by Gasteiger charge is -2.43. The van der Waals surface area contributed by atoms with Crippen molar-refractivity contribution >= 4 is 40.5 Å². The van der Waals surface area contributed by atoms with Crippen LogP contribution in [0.5, 0.6) is 0 Å². The predicted molar refractivity (Wildman–Crippen MR) is 124 cm³/mol. The summed E-state index contributed by atoms with van der Waals surface area (Å²) in [5.74, 6) is -1.93. The summed E-state index contributed by atoms with van der Waals surface area (Å²) < 4.78 is 55.5. The van der Waals surface area contributed by atoms with Crippen LogP contribution in [-0.4, -0.2) is 28.5 Å². The van der Waals surface area contributed by atoms with E-state index in [-0.39, 0.29) is 28.1 Å². The molecule has 0 radical (unpaired) electrons. The molecule has 1 heterocycles. The maximum atomic E-state index is 14.9. The summed E-state index contributed by atoms with van der Waals surface area (Å²) >= 11 is 5.52. The number of nitrogens with zero attached hydrogens (tertiary/aromatic N) is 3. The Morgan fingerprint density at radius 1 is 1.17 bits per heavy atom. The third-order valence-corrected chi connectivity index (χ3v) is 6.52. The quantitative estimate of drug-likeness (QED) is 0.473. The first-order valence-corrected chi connectivity index (χ1v) is 11.2. The third-order valence-electron chi connectivity index (χ3n) is 6.15. The molecule has 1 saturated carbocycles. The zero-order valence-electron chi connectivity index (χ0n) is 18.7. The largest absolute Gasteiger partial charge is 0.417 e. The number of alkyl halides is 3. The molecule has 11 heteroatoms. The molecule has 1 aliphatic carbocycles. The van der Waals surface area contributed by atoms with Gasteiger partial charge in [0.1, 0.15) is 11.4 Å². The molecule has 2 aliphatic rings. The zero-order valence-corrected chi connectivity index (χ0v) is 19.6. The van der Waals surface area contributed by atoms with Gasteiger partial charge in [0.2, 0.25) is 0 Å². The van der Waals surface area contributed by atoms with Crippen LogP contribution in [0.3, 0.4) is 0 Å². The first-order chi connectivity index (χ1) is 16.4. The molecule has 4 rings (SSSR count). The molecule has 2 aromatic carbocycles. The number of nitrogens with one attached hydrogen (secondary N) is 1. The SMILES string of the molecule is CC(C)NC(=O)c1ccc(N2C(=S)N(c3ccc(C#N)c(C(F)(F)F)c3)C(=O)C23CCC3)cc1F. The normalized spacial score (nSPS) is 17.1. The average molecular weight is 505 g/mol.